The Labute approximate surface area is 93.5 Å². The lowest BCUT2D eigenvalue weighted by atomic mass is 10.1. The average Bonchev–Trinajstić information content (AvgIpc) is 2.65. The minimum atomic E-state index is 0.306. The fourth-order valence-electron chi connectivity index (χ4n) is 1.58. The summed E-state index contributed by atoms with van der Waals surface area (Å²) in [4.78, 5) is 11.2. The zero-order chi connectivity index (χ0) is 11.8. The van der Waals surface area contributed by atoms with Crippen molar-refractivity contribution >= 4 is 5.78 Å². The molecule has 0 N–H and O–H groups in total. The molecule has 0 fully saturated rings. The Balaban J connectivity index is 0.000000442. The Morgan fingerprint density at radius 2 is 1.60 bits per heavy atom. The third-order valence-electron chi connectivity index (χ3n) is 2.18. The summed E-state index contributed by atoms with van der Waals surface area (Å²) in [6.45, 7) is 10.1. The highest BCUT2D eigenvalue weighted by atomic mass is 16.1. The highest BCUT2D eigenvalue weighted by Gasteiger charge is 2.18. The summed E-state index contributed by atoms with van der Waals surface area (Å²) in [5.74, 6) is 0.306. The molecule has 0 amide bonds. The second-order valence-corrected chi connectivity index (χ2v) is 3.08. The van der Waals surface area contributed by atoms with Gasteiger partial charge in [0, 0.05) is 12.0 Å². The Bertz CT molecular complexity index is 313. The van der Waals surface area contributed by atoms with E-state index in [1.165, 1.54) is 11.1 Å². The van der Waals surface area contributed by atoms with Crippen molar-refractivity contribution in [2.45, 2.75) is 47.5 Å². The van der Waals surface area contributed by atoms with Crippen molar-refractivity contribution in [3.8, 4) is 0 Å². The lowest BCUT2D eigenvalue weighted by molar-refractivity contribution is 0.0994. The normalized spacial score (nSPS) is 11.9. The first-order valence-electron chi connectivity index (χ1n) is 5.90. The third-order valence-corrected chi connectivity index (χ3v) is 2.18. The van der Waals surface area contributed by atoms with Crippen LogP contribution in [0.4, 0.5) is 0 Å². The summed E-state index contributed by atoms with van der Waals surface area (Å²) in [7, 11) is 0. The Morgan fingerprint density at radius 1 is 1.00 bits per heavy atom. The number of benzene rings is 1. The summed E-state index contributed by atoms with van der Waals surface area (Å²) in [6, 6.07) is 6.06. The lowest BCUT2D eigenvalue weighted by Crippen LogP contribution is -1.90. The van der Waals surface area contributed by atoms with Crippen LogP contribution in [0.25, 0.3) is 0 Å². The maximum Gasteiger partial charge on any atom is 0.163 e. The first kappa shape index (κ1) is 13.9. The quantitative estimate of drug-likeness (QED) is 0.622. The molecular weight excluding hydrogens is 184 g/mol. The zero-order valence-electron chi connectivity index (χ0n) is 10.6. The fourth-order valence-corrected chi connectivity index (χ4v) is 1.58. The van der Waals surface area contributed by atoms with Crippen LogP contribution >= 0.6 is 0 Å². The van der Waals surface area contributed by atoms with Gasteiger partial charge in [-0.3, -0.25) is 4.79 Å². The van der Waals surface area contributed by atoms with Gasteiger partial charge in [-0.25, -0.2) is 0 Å². The molecule has 15 heavy (non-hydrogen) atoms. The monoisotopic (exact) mass is 206 g/mol. The van der Waals surface area contributed by atoms with Crippen molar-refractivity contribution in [3.63, 3.8) is 0 Å². The van der Waals surface area contributed by atoms with Crippen molar-refractivity contribution in [2.24, 2.45) is 0 Å². The molecule has 1 nitrogen and oxygen atoms in total. The molecule has 0 saturated carbocycles. The smallest absolute Gasteiger partial charge is 0.163 e. The topological polar surface area (TPSA) is 17.1 Å². The van der Waals surface area contributed by atoms with E-state index in [0.717, 1.165) is 12.0 Å². The van der Waals surface area contributed by atoms with Crippen LogP contribution < -0.4 is 0 Å². The molecule has 84 valence electrons. The van der Waals surface area contributed by atoms with E-state index in [1.54, 1.807) is 0 Å². The van der Waals surface area contributed by atoms with Gasteiger partial charge in [-0.1, -0.05) is 51.5 Å². The van der Waals surface area contributed by atoms with Gasteiger partial charge in [-0.2, -0.15) is 0 Å². The molecule has 0 radical (unpaired) electrons. The predicted octanol–water partition coefficient (Wildman–Crippen LogP) is 4.18. The number of aryl methyl sites for hydroxylation is 2. The number of carbonyl (C=O) groups excluding carboxylic acids is 1. The zero-order valence-corrected chi connectivity index (χ0v) is 10.6. The van der Waals surface area contributed by atoms with Gasteiger partial charge in [0.1, 0.15) is 0 Å². The number of fused-ring (bicyclic) bond motifs is 1. The maximum absolute atomic E-state index is 11.2. The van der Waals surface area contributed by atoms with Gasteiger partial charge in [0.25, 0.3) is 0 Å². The summed E-state index contributed by atoms with van der Waals surface area (Å²) >= 11 is 0. The summed E-state index contributed by atoms with van der Waals surface area (Å²) in [6.07, 6.45) is 1.65. The molecule has 0 unspecified atom stereocenters. The van der Waals surface area contributed by atoms with Crippen molar-refractivity contribution in [1.82, 2.24) is 0 Å². The van der Waals surface area contributed by atoms with Crippen LogP contribution in [0, 0.1) is 6.92 Å². The molecule has 0 saturated heterocycles. The average molecular weight is 206 g/mol. The molecule has 1 aromatic rings. The molecule has 0 bridgehead atoms. The van der Waals surface area contributed by atoms with Crippen LogP contribution in [0.15, 0.2) is 18.2 Å². The van der Waals surface area contributed by atoms with Gasteiger partial charge < -0.3 is 0 Å². The van der Waals surface area contributed by atoms with Crippen molar-refractivity contribution in [2.75, 3.05) is 0 Å². The summed E-state index contributed by atoms with van der Waals surface area (Å²) in [5, 5.41) is 0. The van der Waals surface area contributed by atoms with E-state index in [1.807, 2.05) is 39.8 Å². The van der Waals surface area contributed by atoms with Gasteiger partial charge in [0.2, 0.25) is 0 Å². The Kier molecular flexibility index (Phi) is 6.68. The Morgan fingerprint density at radius 3 is 2.20 bits per heavy atom. The molecule has 1 aliphatic rings. The SMILES string of the molecule is CC.CC.Cc1ccc2c(c1)CCC2=O. The van der Waals surface area contributed by atoms with Crippen LogP contribution in [0.5, 0.6) is 0 Å². The number of ketones is 1. The third kappa shape index (κ3) is 3.50. The molecule has 0 aromatic heterocycles. The highest BCUT2D eigenvalue weighted by Crippen LogP contribution is 2.22. The van der Waals surface area contributed by atoms with E-state index < -0.39 is 0 Å². The predicted molar refractivity (Wildman–Crippen MR) is 66.5 cm³/mol. The van der Waals surface area contributed by atoms with Crippen LogP contribution in [-0.4, -0.2) is 5.78 Å². The summed E-state index contributed by atoms with van der Waals surface area (Å²) in [5.41, 5.74) is 3.42. The molecule has 2 rings (SSSR count). The molecule has 1 aromatic carbocycles. The van der Waals surface area contributed by atoms with Crippen molar-refractivity contribution in [1.29, 1.82) is 0 Å². The minimum Gasteiger partial charge on any atom is -0.294 e. The van der Waals surface area contributed by atoms with E-state index >= 15 is 0 Å². The second kappa shape index (κ2) is 7.22. The first-order valence-corrected chi connectivity index (χ1v) is 5.90. The van der Waals surface area contributed by atoms with E-state index in [4.69, 9.17) is 0 Å². The molecular formula is C14H22O. The van der Waals surface area contributed by atoms with Gasteiger partial charge >= 0.3 is 0 Å². The molecule has 0 heterocycles. The molecule has 1 heteroatoms. The van der Waals surface area contributed by atoms with Gasteiger partial charge in [0.05, 0.1) is 0 Å². The van der Waals surface area contributed by atoms with E-state index in [0.29, 0.717) is 12.2 Å². The molecule has 1 aliphatic carbocycles. The largest absolute Gasteiger partial charge is 0.294 e. The summed E-state index contributed by atoms with van der Waals surface area (Å²) < 4.78 is 0. The van der Waals surface area contributed by atoms with Crippen LogP contribution in [0.2, 0.25) is 0 Å². The van der Waals surface area contributed by atoms with Crippen LogP contribution in [-0.2, 0) is 6.42 Å². The number of rotatable bonds is 0. The number of hydrogen-bond acceptors (Lipinski definition) is 1. The number of Topliss-reactive ketones (excluding diaryl/α,β-unsaturated/α-hetero) is 1. The van der Waals surface area contributed by atoms with Crippen LogP contribution in [0.3, 0.4) is 0 Å². The van der Waals surface area contributed by atoms with E-state index in [2.05, 4.69) is 13.0 Å². The van der Waals surface area contributed by atoms with Crippen molar-refractivity contribution in [3.05, 3.63) is 34.9 Å². The first-order chi connectivity index (χ1) is 7.27. The Hall–Kier alpha value is -1.11. The highest BCUT2D eigenvalue weighted by molar-refractivity contribution is 6.00. The molecule has 0 atom stereocenters. The van der Waals surface area contributed by atoms with Gasteiger partial charge in [-0.15, -0.1) is 0 Å². The molecule has 0 spiro atoms. The van der Waals surface area contributed by atoms with E-state index in [-0.39, 0.29) is 0 Å². The lowest BCUT2D eigenvalue weighted by Gasteiger charge is -1.97. The van der Waals surface area contributed by atoms with Crippen molar-refractivity contribution < 1.29 is 4.79 Å². The van der Waals surface area contributed by atoms with Gasteiger partial charge in [-0.05, 0) is 18.9 Å². The standard InChI is InChI=1S/C10H10O.2C2H6/c1-7-2-4-9-8(6-7)3-5-10(9)11;2*1-2/h2,4,6H,3,5H2,1H3;2*1-2H3. The fraction of sp³-hybridized carbons (Fsp3) is 0.500. The van der Waals surface area contributed by atoms with Gasteiger partial charge in [0.15, 0.2) is 5.78 Å². The minimum absolute atomic E-state index is 0.306. The molecule has 0 aliphatic heterocycles. The maximum atomic E-state index is 11.2. The number of hydrogen-bond donors (Lipinski definition) is 0. The number of carbonyl (C=O) groups is 1. The van der Waals surface area contributed by atoms with E-state index in [9.17, 15) is 4.79 Å². The van der Waals surface area contributed by atoms with Crippen LogP contribution in [0.1, 0.15) is 55.6 Å². The second-order valence-electron chi connectivity index (χ2n) is 3.08.